The molecule has 0 spiro atoms. The molecular formula is C14H22O. The van der Waals surface area contributed by atoms with Crippen LogP contribution in [-0.4, -0.2) is 5.78 Å². The zero-order chi connectivity index (χ0) is 10.8. The fourth-order valence-corrected chi connectivity index (χ4v) is 5.24. The summed E-state index contributed by atoms with van der Waals surface area (Å²) < 4.78 is 0. The van der Waals surface area contributed by atoms with Gasteiger partial charge in [0.15, 0.2) is 0 Å². The fraction of sp³-hybridized carbons (Fsp3) is 0.929. The Morgan fingerprint density at radius 2 is 1.93 bits per heavy atom. The maximum Gasteiger partial charge on any atom is 0.133 e. The van der Waals surface area contributed by atoms with Crippen LogP contribution in [0.4, 0.5) is 0 Å². The Labute approximate surface area is 92.6 Å². The summed E-state index contributed by atoms with van der Waals surface area (Å²) in [5.41, 5.74) is 0.547. The Hall–Kier alpha value is -0.330. The average Bonchev–Trinajstić information content (AvgIpc) is 2.59. The van der Waals surface area contributed by atoms with Crippen molar-refractivity contribution in [2.45, 2.75) is 46.5 Å². The molecule has 6 atom stereocenters. The average molecular weight is 206 g/mol. The van der Waals surface area contributed by atoms with Gasteiger partial charge < -0.3 is 0 Å². The monoisotopic (exact) mass is 206 g/mol. The smallest absolute Gasteiger partial charge is 0.133 e. The minimum atomic E-state index is 0.422. The molecule has 0 N–H and O–H groups in total. The quantitative estimate of drug-likeness (QED) is 0.643. The topological polar surface area (TPSA) is 17.1 Å². The summed E-state index contributed by atoms with van der Waals surface area (Å²) in [4.78, 5) is 11.9. The van der Waals surface area contributed by atoms with Crippen LogP contribution in [0.3, 0.4) is 0 Å². The third-order valence-corrected chi connectivity index (χ3v) is 6.06. The lowest BCUT2D eigenvalue weighted by atomic mass is 9.57. The molecule has 1 heteroatoms. The maximum absolute atomic E-state index is 11.9. The van der Waals surface area contributed by atoms with Crippen LogP contribution >= 0.6 is 0 Å². The fourth-order valence-electron chi connectivity index (χ4n) is 5.24. The summed E-state index contributed by atoms with van der Waals surface area (Å²) in [6.45, 7) is 6.66. The molecule has 3 fully saturated rings. The normalized spacial score (nSPS) is 57.1. The first-order valence-electron chi connectivity index (χ1n) is 6.56. The highest BCUT2D eigenvalue weighted by Crippen LogP contribution is 2.70. The second-order valence-electron chi connectivity index (χ2n) is 6.53. The first-order valence-corrected chi connectivity index (χ1v) is 6.56. The van der Waals surface area contributed by atoms with E-state index in [1.165, 1.54) is 25.7 Å². The summed E-state index contributed by atoms with van der Waals surface area (Å²) >= 11 is 0. The highest BCUT2D eigenvalue weighted by molar-refractivity contribution is 5.80. The van der Waals surface area contributed by atoms with Crippen LogP contribution in [-0.2, 0) is 4.79 Å². The number of rotatable bonds is 1. The van der Waals surface area contributed by atoms with Gasteiger partial charge in [-0.15, -0.1) is 0 Å². The summed E-state index contributed by atoms with van der Waals surface area (Å²) in [6, 6.07) is 0. The third kappa shape index (κ3) is 1.02. The van der Waals surface area contributed by atoms with Gasteiger partial charge in [-0.05, 0) is 55.3 Å². The number of carbonyl (C=O) groups excluding carboxylic acids is 1. The van der Waals surface area contributed by atoms with Gasteiger partial charge in [-0.25, -0.2) is 0 Å². The van der Waals surface area contributed by atoms with Gasteiger partial charge in [0.05, 0.1) is 0 Å². The van der Waals surface area contributed by atoms with Gasteiger partial charge in [-0.3, -0.25) is 4.79 Å². The molecule has 0 aromatic rings. The molecule has 0 aromatic carbocycles. The van der Waals surface area contributed by atoms with E-state index in [9.17, 15) is 4.79 Å². The van der Waals surface area contributed by atoms with E-state index in [-0.39, 0.29) is 0 Å². The second-order valence-corrected chi connectivity index (χ2v) is 6.53. The van der Waals surface area contributed by atoms with Crippen LogP contribution in [0.2, 0.25) is 0 Å². The Morgan fingerprint density at radius 1 is 1.20 bits per heavy atom. The van der Waals surface area contributed by atoms with E-state index in [4.69, 9.17) is 0 Å². The number of ketones is 1. The van der Waals surface area contributed by atoms with Crippen molar-refractivity contribution in [2.75, 3.05) is 0 Å². The van der Waals surface area contributed by atoms with E-state index in [1.54, 1.807) is 0 Å². The van der Waals surface area contributed by atoms with Gasteiger partial charge in [0.25, 0.3) is 0 Å². The van der Waals surface area contributed by atoms with Gasteiger partial charge >= 0.3 is 0 Å². The summed E-state index contributed by atoms with van der Waals surface area (Å²) in [5.74, 6) is 4.05. The predicted octanol–water partition coefficient (Wildman–Crippen LogP) is 3.28. The van der Waals surface area contributed by atoms with Crippen LogP contribution in [0, 0.1) is 35.0 Å². The lowest BCUT2D eigenvalue weighted by molar-refractivity contribution is -0.125. The predicted molar refractivity (Wildman–Crippen MR) is 60.4 cm³/mol. The minimum absolute atomic E-state index is 0.422. The zero-order valence-electron chi connectivity index (χ0n) is 10.1. The Kier molecular flexibility index (Phi) is 1.88. The number of hydrogen-bond donors (Lipinski definition) is 0. The Morgan fingerprint density at radius 3 is 2.47 bits per heavy atom. The van der Waals surface area contributed by atoms with Crippen LogP contribution in [0.5, 0.6) is 0 Å². The summed E-state index contributed by atoms with van der Waals surface area (Å²) in [7, 11) is 0. The molecule has 0 saturated heterocycles. The van der Waals surface area contributed by atoms with Crippen molar-refractivity contribution < 1.29 is 4.79 Å². The van der Waals surface area contributed by atoms with Gasteiger partial charge in [0, 0.05) is 5.92 Å². The molecule has 3 aliphatic rings. The summed E-state index contributed by atoms with van der Waals surface area (Å²) in [6.07, 6.45) is 5.46. The minimum Gasteiger partial charge on any atom is -0.300 e. The number of hydrogen-bond acceptors (Lipinski definition) is 1. The molecule has 15 heavy (non-hydrogen) atoms. The molecule has 0 unspecified atom stereocenters. The number of carbonyl (C=O) groups is 1. The van der Waals surface area contributed by atoms with Crippen LogP contribution in [0.1, 0.15) is 46.5 Å². The van der Waals surface area contributed by atoms with Crippen LogP contribution in [0.15, 0.2) is 0 Å². The number of Topliss-reactive ketones (excluding diaryl/α,β-unsaturated/α-hetero) is 1. The second kappa shape index (κ2) is 2.87. The zero-order valence-corrected chi connectivity index (χ0v) is 10.1. The van der Waals surface area contributed by atoms with Crippen molar-refractivity contribution in [3.63, 3.8) is 0 Å². The lowest BCUT2D eigenvalue weighted by Gasteiger charge is -2.47. The third-order valence-electron chi connectivity index (χ3n) is 6.06. The van der Waals surface area contributed by atoms with Crippen molar-refractivity contribution in [3.05, 3.63) is 0 Å². The molecule has 3 saturated carbocycles. The van der Waals surface area contributed by atoms with E-state index in [1.807, 2.05) is 6.92 Å². The molecular weight excluding hydrogens is 184 g/mol. The van der Waals surface area contributed by atoms with E-state index in [0.717, 1.165) is 23.7 Å². The van der Waals surface area contributed by atoms with Crippen molar-refractivity contribution in [2.24, 2.45) is 35.0 Å². The molecule has 0 bridgehead atoms. The molecule has 84 valence electrons. The van der Waals surface area contributed by atoms with Gasteiger partial charge in [0.2, 0.25) is 0 Å². The molecule has 0 amide bonds. The van der Waals surface area contributed by atoms with Gasteiger partial charge in [-0.1, -0.05) is 20.3 Å². The van der Waals surface area contributed by atoms with E-state index in [0.29, 0.717) is 17.1 Å². The molecule has 0 aliphatic heterocycles. The Bertz CT molecular complexity index is 308. The van der Waals surface area contributed by atoms with Crippen LogP contribution < -0.4 is 0 Å². The summed E-state index contributed by atoms with van der Waals surface area (Å²) in [5, 5.41) is 0. The van der Waals surface area contributed by atoms with E-state index < -0.39 is 0 Å². The maximum atomic E-state index is 11.9. The molecule has 0 radical (unpaired) electrons. The highest BCUT2D eigenvalue weighted by atomic mass is 16.1. The first-order chi connectivity index (χ1) is 7.05. The van der Waals surface area contributed by atoms with Crippen molar-refractivity contribution >= 4 is 5.78 Å². The molecule has 3 rings (SSSR count). The van der Waals surface area contributed by atoms with Crippen molar-refractivity contribution in [3.8, 4) is 0 Å². The highest BCUT2D eigenvalue weighted by Gasteiger charge is 2.65. The number of fused-ring (bicyclic) bond motifs is 3. The molecule has 0 aromatic heterocycles. The van der Waals surface area contributed by atoms with Crippen LogP contribution in [0.25, 0.3) is 0 Å². The largest absolute Gasteiger partial charge is 0.300 e. The molecule has 1 nitrogen and oxygen atoms in total. The molecule has 3 aliphatic carbocycles. The first kappa shape index (κ1) is 9.86. The lowest BCUT2D eigenvalue weighted by Crippen LogP contribution is -2.40. The molecule has 0 heterocycles. The SMILES string of the molecule is CC(=O)[C@@H]1[C@@H]2[C@@H](CC[C@@H]2C)[C@]2(C)CC[C@H]12. The van der Waals surface area contributed by atoms with Crippen molar-refractivity contribution in [1.82, 2.24) is 0 Å². The van der Waals surface area contributed by atoms with E-state index in [2.05, 4.69) is 13.8 Å². The van der Waals surface area contributed by atoms with E-state index >= 15 is 0 Å². The van der Waals surface area contributed by atoms with Crippen molar-refractivity contribution in [1.29, 1.82) is 0 Å². The standard InChI is InChI=1S/C14H22O/c1-8-4-5-10-12(8)13(9(2)15)11-6-7-14(10,11)3/h8,10-13H,4-7H2,1-3H3/t8-,10+,11+,12-,13-,14-/m0/s1. The Balaban J connectivity index is 1.99. The van der Waals surface area contributed by atoms with Gasteiger partial charge in [-0.2, -0.15) is 0 Å². The van der Waals surface area contributed by atoms with Gasteiger partial charge in [0.1, 0.15) is 5.78 Å².